The standard InChI is InChI=1S/C13H19N2O14P3/c1-3-4-8-7(5-14-13(17)15-8)11-12(25-2)10(16)9(27-11)6-26-31(21,22)29-32(23,24)28-30(18,19)20/h5,9-12,16H,6H2,1-2H3,(H,21,22)(H,23,24)(H,14,15,17)(H2,18,19,20)/t9-,10?,11+,12+/m1/s1. The number of phosphoric acid groups is 3. The molecule has 16 nitrogen and oxygen atoms in total. The van der Waals surface area contributed by atoms with Gasteiger partial charge >= 0.3 is 29.2 Å². The Morgan fingerprint density at radius 1 is 1.19 bits per heavy atom. The third kappa shape index (κ3) is 7.38. The fraction of sp³-hybridized carbons (Fsp3) is 0.538. The van der Waals surface area contributed by atoms with Crippen LogP contribution in [0.1, 0.15) is 24.3 Å². The van der Waals surface area contributed by atoms with Crippen LogP contribution in [0.3, 0.4) is 0 Å². The molecule has 0 amide bonds. The first-order valence-electron chi connectivity index (χ1n) is 8.34. The van der Waals surface area contributed by atoms with Crippen molar-refractivity contribution in [2.24, 2.45) is 0 Å². The maximum atomic E-state index is 11.9. The van der Waals surface area contributed by atoms with Gasteiger partial charge in [0.1, 0.15) is 30.1 Å². The summed E-state index contributed by atoms with van der Waals surface area (Å²) in [6.07, 6.45) is -3.82. The van der Waals surface area contributed by atoms with Gasteiger partial charge < -0.3 is 34.2 Å². The van der Waals surface area contributed by atoms with Crippen molar-refractivity contribution in [3.05, 3.63) is 27.9 Å². The second-order valence-corrected chi connectivity index (χ2v) is 10.5. The highest BCUT2D eigenvalue weighted by Gasteiger charge is 2.47. The van der Waals surface area contributed by atoms with Crippen molar-refractivity contribution in [1.82, 2.24) is 9.97 Å². The molecular formula is C13H19N2O14P3. The van der Waals surface area contributed by atoms with Crippen LogP contribution >= 0.6 is 23.5 Å². The van der Waals surface area contributed by atoms with Crippen LogP contribution in [0.5, 0.6) is 0 Å². The minimum Gasteiger partial charge on any atom is -0.387 e. The Morgan fingerprint density at radius 2 is 1.84 bits per heavy atom. The number of aliphatic hydroxyl groups excluding tert-OH is 1. The number of hydrogen-bond donors (Lipinski definition) is 6. The summed E-state index contributed by atoms with van der Waals surface area (Å²) in [6.45, 7) is 0.610. The van der Waals surface area contributed by atoms with Crippen molar-refractivity contribution in [3.63, 3.8) is 0 Å². The predicted octanol–water partition coefficient (Wildman–Crippen LogP) is -0.700. The van der Waals surface area contributed by atoms with Gasteiger partial charge in [-0.05, 0) is 12.8 Å². The normalized spacial score (nSPS) is 27.2. The zero-order chi connectivity index (χ0) is 24.3. The quantitative estimate of drug-likeness (QED) is 0.174. The van der Waals surface area contributed by atoms with E-state index in [0.717, 1.165) is 6.20 Å². The minimum atomic E-state index is -5.70. The summed E-state index contributed by atoms with van der Waals surface area (Å²) in [4.78, 5) is 53.2. The predicted molar refractivity (Wildman–Crippen MR) is 102 cm³/mol. The molecule has 0 aromatic carbocycles. The van der Waals surface area contributed by atoms with Crippen LogP contribution in [0.15, 0.2) is 11.0 Å². The highest BCUT2D eigenvalue weighted by Crippen LogP contribution is 2.66. The lowest BCUT2D eigenvalue weighted by atomic mass is 10.0. The van der Waals surface area contributed by atoms with Gasteiger partial charge in [-0.1, -0.05) is 5.92 Å². The Morgan fingerprint density at radius 3 is 2.41 bits per heavy atom. The van der Waals surface area contributed by atoms with Crippen molar-refractivity contribution in [2.75, 3.05) is 13.7 Å². The third-order valence-electron chi connectivity index (χ3n) is 3.83. The van der Waals surface area contributed by atoms with E-state index >= 15 is 0 Å². The Hall–Kier alpha value is -1.27. The van der Waals surface area contributed by atoms with E-state index in [1.165, 1.54) is 14.0 Å². The lowest BCUT2D eigenvalue weighted by Crippen LogP contribution is -2.34. The van der Waals surface area contributed by atoms with Crippen LogP contribution in [0.25, 0.3) is 0 Å². The molecular weight excluding hydrogens is 501 g/mol. The van der Waals surface area contributed by atoms with E-state index in [4.69, 9.17) is 24.2 Å². The molecule has 0 bridgehead atoms. The van der Waals surface area contributed by atoms with E-state index in [1.807, 2.05) is 0 Å². The first kappa shape index (κ1) is 27.0. The van der Waals surface area contributed by atoms with Gasteiger partial charge in [-0.15, -0.1) is 0 Å². The molecule has 0 spiro atoms. The van der Waals surface area contributed by atoms with Crippen LogP contribution in [-0.4, -0.2) is 66.7 Å². The first-order valence-corrected chi connectivity index (χ1v) is 12.9. The number of methoxy groups -OCH3 is 1. The summed E-state index contributed by atoms with van der Waals surface area (Å²) in [5.74, 6) is 5.21. The molecule has 1 aliphatic rings. The Bertz CT molecular complexity index is 1090. The number of hydrogen-bond acceptors (Lipinski definition) is 11. The highest BCUT2D eigenvalue weighted by atomic mass is 31.3. The highest BCUT2D eigenvalue weighted by molar-refractivity contribution is 7.66. The van der Waals surface area contributed by atoms with Crippen molar-refractivity contribution in [2.45, 2.75) is 31.3 Å². The van der Waals surface area contributed by atoms with E-state index in [9.17, 15) is 28.5 Å². The molecule has 0 saturated carbocycles. The average molecular weight is 520 g/mol. The zero-order valence-electron chi connectivity index (χ0n) is 16.3. The molecule has 19 heteroatoms. The average Bonchev–Trinajstić information content (AvgIpc) is 2.93. The summed E-state index contributed by atoms with van der Waals surface area (Å²) in [5, 5.41) is 10.4. The number of nitrogens with zero attached hydrogens (tertiary/aromatic N) is 1. The van der Waals surface area contributed by atoms with Gasteiger partial charge in [0.2, 0.25) is 0 Å². The van der Waals surface area contributed by atoms with Crippen molar-refractivity contribution < 1.29 is 61.0 Å². The molecule has 3 unspecified atom stereocenters. The van der Waals surface area contributed by atoms with Gasteiger partial charge in [0.05, 0.1) is 6.61 Å². The van der Waals surface area contributed by atoms with Crippen LogP contribution in [0, 0.1) is 11.8 Å². The van der Waals surface area contributed by atoms with Crippen LogP contribution in [0.4, 0.5) is 0 Å². The molecule has 0 aliphatic carbocycles. The Labute approximate surface area is 179 Å². The number of phosphoric ester groups is 1. The molecule has 1 aromatic heterocycles. The van der Waals surface area contributed by atoms with Gasteiger partial charge in [-0.2, -0.15) is 8.62 Å². The summed E-state index contributed by atoms with van der Waals surface area (Å²) >= 11 is 0. The lowest BCUT2D eigenvalue weighted by molar-refractivity contribution is -0.0232. The smallest absolute Gasteiger partial charge is 0.387 e. The summed E-state index contributed by atoms with van der Waals surface area (Å²) in [6, 6.07) is 0. The number of rotatable bonds is 9. The van der Waals surface area contributed by atoms with Crippen LogP contribution < -0.4 is 5.69 Å². The third-order valence-corrected chi connectivity index (χ3v) is 7.63. The number of ether oxygens (including phenoxy) is 2. The van der Waals surface area contributed by atoms with E-state index < -0.39 is 60.2 Å². The topological polar surface area (TPSA) is 244 Å². The second kappa shape index (κ2) is 10.3. The molecule has 1 aliphatic heterocycles. The summed E-state index contributed by atoms with van der Waals surface area (Å²) in [5.41, 5.74) is -0.339. The number of H-pyrrole nitrogens is 1. The zero-order valence-corrected chi connectivity index (χ0v) is 19.0. The van der Waals surface area contributed by atoms with Gasteiger partial charge in [0.25, 0.3) is 0 Å². The largest absolute Gasteiger partial charge is 0.490 e. The minimum absolute atomic E-state index is 0.125. The SMILES string of the molecule is CC#Cc1[nH]c(=O)ncc1[C@@H]1O[C@H](COP(=O)(O)OP(=O)(O)OP(=O)(O)O)C(O)[C@@H]1OC. The molecule has 32 heavy (non-hydrogen) atoms. The molecule has 1 aromatic rings. The second-order valence-electron chi connectivity index (χ2n) is 6.07. The summed E-state index contributed by atoms with van der Waals surface area (Å²) < 4.78 is 56.4. The van der Waals surface area contributed by atoms with Gasteiger partial charge in [-0.25, -0.2) is 23.5 Å². The van der Waals surface area contributed by atoms with E-state index in [2.05, 4.69) is 35.0 Å². The van der Waals surface area contributed by atoms with Gasteiger partial charge in [0.15, 0.2) is 0 Å². The molecule has 6 atom stereocenters. The van der Waals surface area contributed by atoms with Gasteiger partial charge in [0, 0.05) is 18.9 Å². The van der Waals surface area contributed by atoms with Gasteiger partial charge in [-0.3, -0.25) is 9.51 Å². The van der Waals surface area contributed by atoms with E-state index in [1.54, 1.807) is 0 Å². The monoisotopic (exact) mass is 520 g/mol. The van der Waals surface area contributed by atoms with Crippen molar-refractivity contribution in [1.29, 1.82) is 0 Å². The molecule has 180 valence electrons. The van der Waals surface area contributed by atoms with Crippen LogP contribution in [-0.2, 0) is 36.3 Å². The number of nitrogens with one attached hydrogen (secondary N) is 1. The maximum Gasteiger partial charge on any atom is 0.490 e. The lowest BCUT2D eigenvalue weighted by Gasteiger charge is -2.19. The van der Waals surface area contributed by atoms with Crippen LogP contribution in [0.2, 0.25) is 0 Å². The number of aromatic amines is 1. The Balaban J connectivity index is 2.17. The molecule has 2 heterocycles. The number of aromatic nitrogens is 2. The molecule has 1 saturated heterocycles. The maximum absolute atomic E-state index is 11.9. The Kier molecular flexibility index (Phi) is 8.71. The van der Waals surface area contributed by atoms with E-state index in [0.29, 0.717) is 0 Å². The first-order chi connectivity index (χ1) is 14.7. The molecule has 0 radical (unpaired) electrons. The molecule has 1 fully saturated rings. The fourth-order valence-electron chi connectivity index (χ4n) is 2.71. The molecule has 6 N–H and O–H groups in total. The van der Waals surface area contributed by atoms with Crippen molar-refractivity contribution in [3.8, 4) is 11.8 Å². The number of aliphatic hydroxyl groups is 1. The summed E-state index contributed by atoms with van der Waals surface area (Å²) in [7, 11) is -15.4. The van der Waals surface area contributed by atoms with E-state index in [-0.39, 0.29) is 11.3 Å². The fourth-order valence-corrected chi connectivity index (χ4v) is 5.74. The van der Waals surface area contributed by atoms with Crippen molar-refractivity contribution >= 4 is 23.5 Å². The molecule has 2 rings (SSSR count).